The van der Waals surface area contributed by atoms with E-state index in [0.717, 1.165) is 59.3 Å². The largest absolute Gasteiger partial charge is 0.508 e. The van der Waals surface area contributed by atoms with Gasteiger partial charge in [-0.3, -0.25) is 0 Å². The molecule has 61 heavy (non-hydrogen) atoms. The number of benzene rings is 4. The summed E-state index contributed by atoms with van der Waals surface area (Å²) in [5, 5.41) is 37.7. The van der Waals surface area contributed by atoms with Gasteiger partial charge in [-0.25, -0.2) is 0 Å². The number of hydrogen-bond acceptors (Lipinski definition) is 5. The highest BCUT2D eigenvalue weighted by Crippen LogP contribution is 2.36. The van der Waals surface area contributed by atoms with Crippen molar-refractivity contribution in [2.75, 3.05) is 13.2 Å². The molecule has 2 atom stereocenters. The van der Waals surface area contributed by atoms with E-state index in [4.69, 9.17) is 9.84 Å². The van der Waals surface area contributed by atoms with E-state index < -0.39 is 0 Å². The van der Waals surface area contributed by atoms with Crippen LogP contribution in [0, 0.1) is 0 Å². The molecule has 0 aromatic heterocycles. The van der Waals surface area contributed by atoms with Crippen molar-refractivity contribution in [1.82, 2.24) is 0 Å². The van der Waals surface area contributed by atoms with E-state index in [2.05, 4.69) is 120 Å². The first-order valence-electron chi connectivity index (χ1n) is 22.7. The summed E-state index contributed by atoms with van der Waals surface area (Å²) in [6.07, 6.45) is 16.3. The van der Waals surface area contributed by atoms with Crippen molar-refractivity contribution >= 4 is 0 Å². The molecule has 0 heterocycles. The number of hydrogen-bond donors (Lipinski definition) is 4. The molecule has 5 nitrogen and oxygen atoms in total. The van der Waals surface area contributed by atoms with Crippen LogP contribution in [0.25, 0.3) is 0 Å². The van der Waals surface area contributed by atoms with Crippen molar-refractivity contribution in [3.8, 4) is 23.0 Å². The second-order valence-corrected chi connectivity index (χ2v) is 16.5. The van der Waals surface area contributed by atoms with Gasteiger partial charge >= 0.3 is 0 Å². The van der Waals surface area contributed by atoms with E-state index in [0.29, 0.717) is 53.4 Å². The third kappa shape index (κ3) is 22.1. The van der Waals surface area contributed by atoms with E-state index in [1.165, 1.54) is 5.56 Å². The van der Waals surface area contributed by atoms with E-state index >= 15 is 0 Å². The molecule has 0 bridgehead atoms. The lowest BCUT2D eigenvalue weighted by Crippen LogP contribution is -1.98. The molecule has 0 amide bonds. The second kappa shape index (κ2) is 33.0. The van der Waals surface area contributed by atoms with Crippen molar-refractivity contribution < 1.29 is 25.2 Å². The Morgan fingerprint density at radius 3 is 1.39 bits per heavy atom. The maximum atomic E-state index is 10.2. The Morgan fingerprint density at radius 2 is 0.951 bits per heavy atom. The van der Waals surface area contributed by atoms with Crippen LogP contribution in [0.4, 0.5) is 0 Å². The van der Waals surface area contributed by atoms with Gasteiger partial charge in [0.1, 0.15) is 29.6 Å². The summed E-state index contributed by atoms with van der Waals surface area (Å²) in [4.78, 5) is 0. The van der Waals surface area contributed by atoms with Gasteiger partial charge in [-0.05, 0) is 95.7 Å². The molecule has 338 valence electrons. The molecule has 0 aliphatic rings. The van der Waals surface area contributed by atoms with Gasteiger partial charge in [0.25, 0.3) is 0 Å². The molecule has 5 heteroatoms. The lowest BCUT2D eigenvalue weighted by Gasteiger charge is -2.16. The number of aliphatic hydroxyl groups is 1. The first-order valence-corrected chi connectivity index (χ1v) is 22.7. The molecule has 0 radical (unpaired) electrons. The van der Waals surface area contributed by atoms with Gasteiger partial charge in [0.2, 0.25) is 0 Å². The predicted octanol–water partition coefficient (Wildman–Crippen LogP) is 16.2. The minimum atomic E-state index is 0.174. The summed E-state index contributed by atoms with van der Waals surface area (Å²) in [6, 6.07) is 27.8. The monoisotopic (exact) mass is 837 g/mol. The molecule has 4 aromatic carbocycles. The molecular weight excluding hydrogens is 753 g/mol. The fraction of sp³-hybridized carbons (Fsp3) is 0.464. The molecule has 0 spiro atoms. The van der Waals surface area contributed by atoms with Crippen LogP contribution in [-0.4, -0.2) is 33.6 Å². The van der Waals surface area contributed by atoms with E-state index in [-0.39, 0.29) is 12.5 Å². The van der Waals surface area contributed by atoms with Gasteiger partial charge < -0.3 is 25.2 Å². The minimum absolute atomic E-state index is 0.174. The van der Waals surface area contributed by atoms with Gasteiger partial charge in [0.15, 0.2) is 0 Å². The Hall–Kier alpha value is -4.74. The summed E-state index contributed by atoms with van der Waals surface area (Å²) in [5.74, 6) is 4.76. The zero-order valence-electron chi connectivity index (χ0n) is 40.5. The van der Waals surface area contributed by atoms with Crippen molar-refractivity contribution in [3.05, 3.63) is 155 Å². The SMILES string of the molecule is C/C=C/C(C)c1cccc(C(C)C)c1O.CC(C)c1ccccc1O.CC/C=C/CO.CC/C=C/COc1ccccc1C(C)C.CCCC(C)c1cccc(C(C)C)c1O. The van der Waals surface area contributed by atoms with Crippen molar-refractivity contribution in [2.24, 2.45) is 0 Å². The highest BCUT2D eigenvalue weighted by Gasteiger charge is 2.15. The number of allylic oxidation sites excluding steroid dienone is 4. The molecule has 4 N–H and O–H groups in total. The molecule has 0 saturated heterocycles. The van der Waals surface area contributed by atoms with Crippen LogP contribution < -0.4 is 4.74 Å². The van der Waals surface area contributed by atoms with Gasteiger partial charge in [0, 0.05) is 11.5 Å². The molecule has 0 aliphatic heterocycles. The first-order chi connectivity index (χ1) is 29.0. The van der Waals surface area contributed by atoms with Crippen LogP contribution in [0.3, 0.4) is 0 Å². The molecular formula is C56H84O5. The highest BCUT2D eigenvalue weighted by atomic mass is 16.5. The summed E-state index contributed by atoms with van der Waals surface area (Å²) in [5.41, 5.74) is 6.51. The maximum absolute atomic E-state index is 10.2. The van der Waals surface area contributed by atoms with Gasteiger partial charge in [-0.2, -0.15) is 0 Å². The van der Waals surface area contributed by atoms with Crippen LogP contribution in [-0.2, 0) is 0 Å². The molecule has 2 unspecified atom stereocenters. The second-order valence-electron chi connectivity index (χ2n) is 16.5. The highest BCUT2D eigenvalue weighted by molar-refractivity contribution is 5.45. The Bertz CT molecular complexity index is 1810. The van der Waals surface area contributed by atoms with Gasteiger partial charge in [-0.1, -0.05) is 206 Å². The lowest BCUT2D eigenvalue weighted by molar-refractivity contribution is 0.342. The van der Waals surface area contributed by atoms with E-state index in [9.17, 15) is 15.3 Å². The smallest absolute Gasteiger partial charge is 0.123 e. The Balaban J connectivity index is 0.000000759. The number of rotatable bonds is 15. The number of para-hydroxylation sites is 4. The number of phenols is 3. The normalized spacial score (nSPS) is 12.0. The average Bonchev–Trinajstić information content (AvgIpc) is 3.23. The number of aromatic hydroxyl groups is 3. The summed E-state index contributed by atoms with van der Waals surface area (Å²) >= 11 is 0. The average molecular weight is 837 g/mol. The zero-order chi connectivity index (χ0) is 46.3. The zero-order valence-corrected chi connectivity index (χ0v) is 40.5. The van der Waals surface area contributed by atoms with Crippen LogP contribution in [0.1, 0.15) is 192 Å². The van der Waals surface area contributed by atoms with Crippen molar-refractivity contribution in [3.63, 3.8) is 0 Å². The standard InChI is InChI=1S/C14H22O.2C14H20O.C9H12O.C5H10O/c2*1-5-7-11(4)13-9-6-8-12(10(2)3)14(13)15;1-4-5-8-11-15-14-10-7-6-9-13(14)12(2)3;1-7(2)8-5-3-4-6-9(8)10;1-2-3-4-5-6/h6,8-11,15H,5,7H2,1-4H3;5-11,15H,1-4H3;5-10,12H,4,11H2,1-3H3;3-7,10H,1-2H3;3-4,6H,2,5H2,1H3/b;7-5+;8-5+;;4-3+. The summed E-state index contributed by atoms with van der Waals surface area (Å²) in [7, 11) is 0. The number of aliphatic hydroxyl groups excluding tert-OH is 1. The molecule has 0 aliphatic carbocycles. The maximum Gasteiger partial charge on any atom is 0.123 e. The molecule has 0 saturated carbocycles. The quantitative estimate of drug-likeness (QED) is 0.0896. The van der Waals surface area contributed by atoms with Crippen LogP contribution >= 0.6 is 0 Å². The van der Waals surface area contributed by atoms with Crippen LogP contribution in [0.2, 0.25) is 0 Å². The van der Waals surface area contributed by atoms with E-state index in [1.54, 1.807) is 12.1 Å². The summed E-state index contributed by atoms with van der Waals surface area (Å²) in [6.45, 7) is 30.4. The minimum Gasteiger partial charge on any atom is -0.508 e. The van der Waals surface area contributed by atoms with E-state index in [1.807, 2.05) is 86.7 Å². The first kappa shape index (κ1) is 56.3. The Morgan fingerprint density at radius 1 is 0.508 bits per heavy atom. The summed E-state index contributed by atoms with van der Waals surface area (Å²) < 4.78 is 5.71. The third-order valence-corrected chi connectivity index (χ3v) is 10.0. The Kier molecular flexibility index (Phi) is 30.4. The molecule has 0 fully saturated rings. The Labute approximate surface area is 373 Å². The fourth-order valence-corrected chi connectivity index (χ4v) is 6.52. The van der Waals surface area contributed by atoms with Crippen molar-refractivity contribution in [2.45, 2.75) is 158 Å². The van der Waals surface area contributed by atoms with Gasteiger partial charge in [0.05, 0.1) is 6.61 Å². The topological polar surface area (TPSA) is 90.2 Å². The lowest BCUT2D eigenvalue weighted by atomic mass is 9.91. The van der Waals surface area contributed by atoms with Crippen molar-refractivity contribution in [1.29, 1.82) is 0 Å². The third-order valence-electron chi connectivity index (χ3n) is 10.0. The fourth-order valence-electron chi connectivity index (χ4n) is 6.52. The van der Waals surface area contributed by atoms with Crippen LogP contribution in [0.15, 0.2) is 121 Å². The molecule has 4 aromatic rings. The van der Waals surface area contributed by atoms with Gasteiger partial charge in [-0.15, -0.1) is 0 Å². The number of phenolic OH excluding ortho intramolecular Hbond substituents is 3. The van der Waals surface area contributed by atoms with Crippen LogP contribution in [0.5, 0.6) is 23.0 Å². The molecule has 4 rings (SSSR count). The predicted molar refractivity (Wildman–Crippen MR) is 265 cm³/mol. The number of ether oxygens (including phenoxy) is 1.